The molecule has 0 aliphatic carbocycles. The molecule has 1 aliphatic rings. The molecule has 0 radical (unpaired) electrons. The van der Waals surface area contributed by atoms with Crippen molar-refractivity contribution in [3.05, 3.63) is 0 Å². The van der Waals surface area contributed by atoms with E-state index in [9.17, 15) is 9.59 Å². The van der Waals surface area contributed by atoms with Gasteiger partial charge in [0.15, 0.2) is 0 Å². The molecule has 1 N–H and O–H groups in total. The summed E-state index contributed by atoms with van der Waals surface area (Å²) in [6.07, 6.45) is 1.48. The fourth-order valence-electron chi connectivity index (χ4n) is 1.85. The Labute approximate surface area is 96.8 Å². The Bertz CT molecular complexity index is 248. The maximum absolute atomic E-state index is 11.7. The van der Waals surface area contributed by atoms with Crippen molar-refractivity contribution in [3.63, 3.8) is 0 Å². The topological polar surface area (TPSA) is 52.7 Å². The lowest BCUT2D eigenvalue weighted by Crippen LogP contribution is -2.50. The van der Waals surface area contributed by atoms with Gasteiger partial charge >= 0.3 is 0 Å². The maximum atomic E-state index is 11.7. The van der Waals surface area contributed by atoms with Crippen molar-refractivity contribution in [1.82, 2.24) is 15.1 Å². The second-order valence-corrected chi connectivity index (χ2v) is 4.09. The molecule has 5 nitrogen and oxygen atoms in total. The van der Waals surface area contributed by atoms with E-state index in [0.717, 1.165) is 13.0 Å². The van der Waals surface area contributed by atoms with Crippen molar-refractivity contribution in [3.8, 4) is 0 Å². The number of hydrogen-bond acceptors (Lipinski definition) is 3. The van der Waals surface area contributed by atoms with Crippen LogP contribution in [0.25, 0.3) is 0 Å². The minimum atomic E-state index is 0.0993. The highest BCUT2D eigenvalue weighted by atomic mass is 16.2. The zero-order valence-corrected chi connectivity index (χ0v) is 10.2. The lowest BCUT2D eigenvalue weighted by atomic mass is 10.2. The molecule has 1 aliphatic heterocycles. The van der Waals surface area contributed by atoms with E-state index in [0.29, 0.717) is 32.6 Å². The van der Waals surface area contributed by atoms with E-state index < -0.39 is 0 Å². The first-order chi connectivity index (χ1) is 7.65. The highest BCUT2D eigenvalue weighted by Crippen LogP contribution is 2.05. The fraction of sp³-hybridized carbons (Fsp3) is 0.818. The van der Waals surface area contributed by atoms with Gasteiger partial charge in [-0.2, -0.15) is 0 Å². The van der Waals surface area contributed by atoms with Gasteiger partial charge in [0, 0.05) is 39.5 Å². The third-order valence-electron chi connectivity index (χ3n) is 2.90. The number of rotatable bonds is 4. The molecule has 0 spiro atoms. The van der Waals surface area contributed by atoms with Gasteiger partial charge in [-0.1, -0.05) is 0 Å². The van der Waals surface area contributed by atoms with Gasteiger partial charge in [-0.05, 0) is 20.0 Å². The number of piperazine rings is 1. The summed E-state index contributed by atoms with van der Waals surface area (Å²) in [5.74, 6) is 0.306. The number of amides is 2. The summed E-state index contributed by atoms with van der Waals surface area (Å²) < 4.78 is 0. The van der Waals surface area contributed by atoms with Crippen LogP contribution in [0.15, 0.2) is 0 Å². The van der Waals surface area contributed by atoms with Gasteiger partial charge in [0.1, 0.15) is 0 Å². The van der Waals surface area contributed by atoms with Crippen molar-refractivity contribution in [2.45, 2.75) is 19.8 Å². The Kier molecular flexibility index (Phi) is 5.25. The van der Waals surface area contributed by atoms with E-state index in [4.69, 9.17) is 0 Å². The Hall–Kier alpha value is -1.10. The van der Waals surface area contributed by atoms with Crippen LogP contribution in [0.2, 0.25) is 0 Å². The predicted octanol–water partition coefficient (Wildman–Crippen LogP) is -0.323. The molecule has 1 rings (SSSR count). The van der Waals surface area contributed by atoms with Crippen LogP contribution in [-0.2, 0) is 9.59 Å². The lowest BCUT2D eigenvalue weighted by molar-refractivity contribution is -0.138. The molecule has 1 fully saturated rings. The molecule has 2 amide bonds. The molecule has 1 heterocycles. The van der Waals surface area contributed by atoms with Gasteiger partial charge in [-0.15, -0.1) is 0 Å². The summed E-state index contributed by atoms with van der Waals surface area (Å²) in [6, 6.07) is 0. The Balaban J connectivity index is 2.25. The zero-order valence-electron chi connectivity index (χ0n) is 10.2. The molecule has 0 aromatic rings. The minimum absolute atomic E-state index is 0.0993. The van der Waals surface area contributed by atoms with Crippen LogP contribution in [0.1, 0.15) is 19.8 Å². The molecule has 0 unspecified atom stereocenters. The van der Waals surface area contributed by atoms with Gasteiger partial charge in [0.2, 0.25) is 11.8 Å². The van der Waals surface area contributed by atoms with Crippen molar-refractivity contribution in [2.24, 2.45) is 0 Å². The summed E-state index contributed by atoms with van der Waals surface area (Å²) in [6.45, 7) is 5.15. The molecule has 0 aromatic carbocycles. The van der Waals surface area contributed by atoms with Crippen molar-refractivity contribution in [2.75, 3.05) is 39.8 Å². The van der Waals surface area contributed by atoms with E-state index in [-0.39, 0.29) is 11.8 Å². The standard InChI is InChI=1S/C11H21N3O2/c1-10(15)13-6-8-14(9-7-13)11(16)4-3-5-12-2/h12H,3-9H2,1-2H3. The van der Waals surface area contributed by atoms with Crippen LogP contribution in [0, 0.1) is 0 Å². The third kappa shape index (κ3) is 3.81. The molecule has 16 heavy (non-hydrogen) atoms. The SMILES string of the molecule is CNCCCC(=O)N1CCN(C(C)=O)CC1. The first-order valence-corrected chi connectivity index (χ1v) is 5.83. The summed E-state index contributed by atoms with van der Waals surface area (Å²) in [5, 5.41) is 3.02. The van der Waals surface area contributed by atoms with Gasteiger partial charge in [0.25, 0.3) is 0 Å². The number of hydrogen-bond donors (Lipinski definition) is 1. The van der Waals surface area contributed by atoms with E-state index in [2.05, 4.69) is 5.32 Å². The number of nitrogens with zero attached hydrogens (tertiary/aromatic N) is 2. The molecule has 0 bridgehead atoms. The Morgan fingerprint density at radius 3 is 2.19 bits per heavy atom. The molecular formula is C11H21N3O2. The van der Waals surface area contributed by atoms with Crippen molar-refractivity contribution < 1.29 is 9.59 Å². The van der Waals surface area contributed by atoms with Gasteiger partial charge < -0.3 is 15.1 Å². The zero-order chi connectivity index (χ0) is 12.0. The highest BCUT2D eigenvalue weighted by Gasteiger charge is 2.21. The van der Waals surface area contributed by atoms with Crippen LogP contribution in [-0.4, -0.2) is 61.4 Å². The second kappa shape index (κ2) is 6.48. The van der Waals surface area contributed by atoms with E-state index in [1.165, 1.54) is 0 Å². The average Bonchev–Trinajstić information content (AvgIpc) is 2.29. The van der Waals surface area contributed by atoms with Crippen molar-refractivity contribution in [1.29, 1.82) is 0 Å². The largest absolute Gasteiger partial charge is 0.339 e. The Morgan fingerprint density at radius 2 is 1.69 bits per heavy atom. The summed E-state index contributed by atoms with van der Waals surface area (Å²) in [4.78, 5) is 26.5. The molecule has 0 aromatic heterocycles. The third-order valence-corrected chi connectivity index (χ3v) is 2.90. The molecule has 1 saturated heterocycles. The molecule has 0 atom stereocenters. The molecule has 5 heteroatoms. The lowest BCUT2D eigenvalue weighted by Gasteiger charge is -2.34. The monoisotopic (exact) mass is 227 g/mol. The smallest absolute Gasteiger partial charge is 0.222 e. The van der Waals surface area contributed by atoms with E-state index in [1.54, 1.807) is 11.8 Å². The van der Waals surface area contributed by atoms with Gasteiger partial charge in [-0.3, -0.25) is 9.59 Å². The van der Waals surface area contributed by atoms with Gasteiger partial charge in [0.05, 0.1) is 0 Å². The molecule has 92 valence electrons. The fourth-order valence-corrected chi connectivity index (χ4v) is 1.85. The quantitative estimate of drug-likeness (QED) is 0.670. The normalized spacial score (nSPS) is 16.4. The summed E-state index contributed by atoms with van der Waals surface area (Å²) in [7, 11) is 1.89. The number of carbonyl (C=O) groups is 2. The van der Waals surface area contributed by atoms with Crippen LogP contribution < -0.4 is 5.32 Å². The van der Waals surface area contributed by atoms with Crippen LogP contribution in [0.4, 0.5) is 0 Å². The average molecular weight is 227 g/mol. The Morgan fingerprint density at radius 1 is 1.12 bits per heavy atom. The minimum Gasteiger partial charge on any atom is -0.339 e. The highest BCUT2D eigenvalue weighted by molar-refractivity contribution is 5.77. The number of nitrogens with one attached hydrogen (secondary N) is 1. The number of carbonyl (C=O) groups excluding carboxylic acids is 2. The second-order valence-electron chi connectivity index (χ2n) is 4.09. The maximum Gasteiger partial charge on any atom is 0.222 e. The first kappa shape index (κ1) is 13.0. The van der Waals surface area contributed by atoms with E-state index in [1.807, 2.05) is 11.9 Å². The van der Waals surface area contributed by atoms with E-state index >= 15 is 0 Å². The summed E-state index contributed by atoms with van der Waals surface area (Å²) >= 11 is 0. The predicted molar refractivity (Wildman–Crippen MR) is 62.0 cm³/mol. The summed E-state index contributed by atoms with van der Waals surface area (Å²) in [5.41, 5.74) is 0. The first-order valence-electron chi connectivity index (χ1n) is 5.83. The molecule has 0 saturated carbocycles. The van der Waals surface area contributed by atoms with Crippen LogP contribution >= 0.6 is 0 Å². The van der Waals surface area contributed by atoms with Crippen LogP contribution in [0.3, 0.4) is 0 Å². The van der Waals surface area contributed by atoms with Crippen LogP contribution in [0.5, 0.6) is 0 Å². The van der Waals surface area contributed by atoms with Crippen molar-refractivity contribution >= 4 is 11.8 Å². The van der Waals surface area contributed by atoms with Gasteiger partial charge in [-0.25, -0.2) is 0 Å². The molecular weight excluding hydrogens is 206 g/mol.